The molecule has 0 heterocycles. The molecule has 0 aliphatic rings. The summed E-state index contributed by atoms with van der Waals surface area (Å²) in [5.74, 6) is -4.55. The van der Waals surface area contributed by atoms with Gasteiger partial charge in [-0.25, -0.2) is 9.59 Å². The number of aliphatic carboxylic acids is 1. The van der Waals surface area contributed by atoms with Gasteiger partial charge in [-0.15, -0.1) is 0 Å². The predicted molar refractivity (Wildman–Crippen MR) is 142 cm³/mol. The first-order chi connectivity index (χ1) is 18.3. The number of phenolic OH excluding ortho intramolecular Hbond substituents is 1. The Kier molecular flexibility index (Phi) is 14.1. The largest absolute Gasteiger partial charge is 0.508 e. The van der Waals surface area contributed by atoms with Gasteiger partial charge in [-0.3, -0.25) is 19.2 Å². The second kappa shape index (κ2) is 16.7. The Morgan fingerprint density at radius 3 is 1.90 bits per heavy atom. The third-order valence-corrected chi connectivity index (χ3v) is 5.83. The summed E-state index contributed by atoms with van der Waals surface area (Å²) in [7, 11) is 0. The minimum absolute atomic E-state index is 0.00927. The van der Waals surface area contributed by atoms with Crippen LogP contribution in [-0.4, -0.2) is 82.3 Å². The number of urea groups is 1. The van der Waals surface area contributed by atoms with Gasteiger partial charge in [-0.05, 0) is 37.0 Å². The number of primary amides is 2. The summed E-state index contributed by atoms with van der Waals surface area (Å²) < 4.78 is 0. The highest BCUT2D eigenvalue weighted by Crippen LogP contribution is 2.12. The number of nitrogens with two attached hydrogens (primary N) is 3. The van der Waals surface area contributed by atoms with E-state index in [4.69, 9.17) is 17.2 Å². The molecule has 0 radical (unpaired) electrons. The SMILES string of the molecule is NC(=O)CC[C@H](NC(=O)[C@H](CCCNC(N)=O)NC(=O)[C@@H](N)CS)C(=O)N[C@@H](Cc1ccc(O)cc1)C(=O)O. The molecule has 15 nitrogen and oxygen atoms in total. The fourth-order valence-electron chi connectivity index (χ4n) is 3.32. The maximum Gasteiger partial charge on any atom is 0.326 e. The molecule has 16 heteroatoms. The second-order valence-electron chi connectivity index (χ2n) is 8.62. The van der Waals surface area contributed by atoms with Gasteiger partial charge in [-0.1, -0.05) is 12.1 Å². The van der Waals surface area contributed by atoms with Crippen molar-refractivity contribution in [2.75, 3.05) is 12.3 Å². The summed E-state index contributed by atoms with van der Waals surface area (Å²) in [6.45, 7) is 0.0940. The average molecular weight is 570 g/mol. The molecule has 0 aromatic heterocycles. The maximum absolute atomic E-state index is 13.1. The zero-order valence-corrected chi connectivity index (χ0v) is 22.0. The molecule has 0 spiro atoms. The second-order valence-corrected chi connectivity index (χ2v) is 8.98. The highest BCUT2D eigenvalue weighted by atomic mass is 32.1. The van der Waals surface area contributed by atoms with Gasteiger partial charge in [0.1, 0.15) is 23.9 Å². The molecule has 4 atom stereocenters. The number of carboxylic acids is 1. The van der Waals surface area contributed by atoms with Crippen molar-refractivity contribution in [2.24, 2.45) is 17.2 Å². The molecule has 39 heavy (non-hydrogen) atoms. The zero-order chi connectivity index (χ0) is 29.5. The number of phenols is 1. The van der Waals surface area contributed by atoms with E-state index in [2.05, 4.69) is 33.9 Å². The highest BCUT2D eigenvalue weighted by molar-refractivity contribution is 7.80. The first kappa shape index (κ1) is 33.0. The topological polar surface area (TPSA) is 269 Å². The zero-order valence-electron chi connectivity index (χ0n) is 21.1. The van der Waals surface area contributed by atoms with Gasteiger partial charge in [-0.2, -0.15) is 12.6 Å². The smallest absolute Gasteiger partial charge is 0.326 e. The number of benzene rings is 1. The van der Waals surface area contributed by atoms with Crippen LogP contribution in [0.2, 0.25) is 0 Å². The van der Waals surface area contributed by atoms with Crippen LogP contribution in [0.15, 0.2) is 24.3 Å². The standard InChI is InChI=1S/C23H35N7O8S/c24-14(11-39)19(33)28-15(2-1-9-27-23(26)38)20(34)29-16(7-8-18(25)32)21(35)30-17(22(36)37)10-12-3-5-13(31)6-4-12/h3-6,14-17,31,39H,1-2,7-11,24H2,(H2,25,32)(H,28,33)(H,29,34)(H,30,35)(H,36,37)(H3,26,27,38)/t14-,15-,16-,17-/m0/s1. The van der Waals surface area contributed by atoms with E-state index in [-0.39, 0.29) is 50.2 Å². The van der Waals surface area contributed by atoms with E-state index in [1.807, 2.05) is 0 Å². The van der Waals surface area contributed by atoms with Crippen molar-refractivity contribution in [1.82, 2.24) is 21.3 Å². The third-order valence-electron chi connectivity index (χ3n) is 5.44. The van der Waals surface area contributed by atoms with Gasteiger partial charge < -0.3 is 48.7 Å². The average Bonchev–Trinajstić information content (AvgIpc) is 2.87. The Bertz CT molecular complexity index is 1020. The van der Waals surface area contributed by atoms with Crippen LogP contribution in [0.4, 0.5) is 4.79 Å². The molecule has 0 aliphatic carbocycles. The van der Waals surface area contributed by atoms with E-state index < -0.39 is 59.8 Å². The third kappa shape index (κ3) is 12.8. The minimum Gasteiger partial charge on any atom is -0.508 e. The van der Waals surface area contributed by atoms with Crippen LogP contribution in [0.3, 0.4) is 0 Å². The van der Waals surface area contributed by atoms with Crippen molar-refractivity contribution in [1.29, 1.82) is 0 Å². The number of nitrogens with one attached hydrogen (secondary N) is 4. The molecule has 0 unspecified atom stereocenters. The van der Waals surface area contributed by atoms with E-state index in [9.17, 15) is 39.0 Å². The van der Waals surface area contributed by atoms with Crippen LogP contribution in [-0.2, 0) is 30.4 Å². The highest BCUT2D eigenvalue weighted by Gasteiger charge is 2.30. The molecule has 6 amide bonds. The lowest BCUT2D eigenvalue weighted by molar-refractivity contribution is -0.142. The molecular weight excluding hydrogens is 534 g/mol. The summed E-state index contributed by atoms with van der Waals surface area (Å²) >= 11 is 3.95. The number of aromatic hydroxyl groups is 1. The van der Waals surface area contributed by atoms with Gasteiger partial charge in [0.25, 0.3) is 0 Å². The van der Waals surface area contributed by atoms with Crippen LogP contribution in [0, 0.1) is 0 Å². The van der Waals surface area contributed by atoms with Crippen LogP contribution in [0.25, 0.3) is 0 Å². The van der Waals surface area contributed by atoms with Gasteiger partial charge in [0.05, 0.1) is 6.04 Å². The number of rotatable bonds is 17. The van der Waals surface area contributed by atoms with Gasteiger partial charge in [0, 0.05) is 25.1 Å². The first-order valence-electron chi connectivity index (χ1n) is 11.9. The van der Waals surface area contributed by atoms with Gasteiger partial charge in [0.15, 0.2) is 0 Å². The van der Waals surface area contributed by atoms with E-state index in [1.165, 1.54) is 24.3 Å². The summed E-state index contributed by atoms with van der Waals surface area (Å²) in [5.41, 5.74) is 16.4. The van der Waals surface area contributed by atoms with E-state index >= 15 is 0 Å². The van der Waals surface area contributed by atoms with Crippen LogP contribution >= 0.6 is 12.6 Å². The number of amides is 6. The van der Waals surface area contributed by atoms with Gasteiger partial charge >= 0.3 is 12.0 Å². The van der Waals surface area contributed by atoms with E-state index in [1.54, 1.807) is 0 Å². The normalized spacial score (nSPS) is 13.7. The van der Waals surface area contributed by atoms with E-state index in [0.717, 1.165) is 0 Å². The summed E-state index contributed by atoms with van der Waals surface area (Å²) in [6.07, 6.45) is -0.467. The van der Waals surface area contributed by atoms with E-state index in [0.29, 0.717) is 5.56 Å². The number of hydrogen-bond donors (Lipinski definition) is 10. The molecular formula is C23H35N7O8S. The van der Waals surface area contributed by atoms with Crippen molar-refractivity contribution in [3.63, 3.8) is 0 Å². The summed E-state index contributed by atoms with van der Waals surface area (Å²) in [6, 6.07) is -0.100. The molecule has 0 fully saturated rings. The van der Waals surface area contributed by atoms with Crippen molar-refractivity contribution < 1.29 is 39.0 Å². The number of carbonyl (C=O) groups excluding carboxylic acids is 5. The first-order valence-corrected chi connectivity index (χ1v) is 12.6. The predicted octanol–water partition coefficient (Wildman–Crippen LogP) is -2.56. The lowest BCUT2D eigenvalue weighted by Gasteiger charge is -2.25. The fourth-order valence-corrected chi connectivity index (χ4v) is 3.48. The Morgan fingerprint density at radius 2 is 1.38 bits per heavy atom. The maximum atomic E-state index is 13.1. The van der Waals surface area contributed by atoms with Gasteiger partial charge in [0.2, 0.25) is 23.6 Å². The summed E-state index contributed by atoms with van der Waals surface area (Å²) in [4.78, 5) is 72.5. The Hall–Kier alpha value is -4.05. The Balaban J connectivity index is 3.05. The van der Waals surface area contributed by atoms with Crippen LogP contribution in [0.1, 0.15) is 31.2 Å². The number of carboxylic acid groups (broad SMARTS) is 1. The molecule has 0 saturated heterocycles. The van der Waals surface area contributed by atoms with Crippen LogP contribution in [0.5, 0.6) is 5.75 Å². The minimum atomic E-state index is -1.40. The van der Waals surface area contributed by atoms with Crippen molar-refractivity contribution in [3.05, 3.63) is 29.8 Å². The molecule has 1 aromatic rings. The fraction of sp³-hybridized carbons (Fsp3) is 0.478. The van der Waals surface area contributed by atoms with Crippen LogP contribution < -0.4 is 38.5 Å². The summed E-state index contributed by atoms with van der Waals surface area (Å²) in [5, 5.41) is 28.6. The molecule has 0 bridgehead atoms. The Morgan fingerprint density at radius 1 is 0.846 bits per heavy atom. The monoisotopic (exact) mass is 569 g/mol. The quantitative estimate of drug-likeness (QED) is 0.0697. The molecule has 1 aromatic carbocycles. The van der Waals surface area contributed by atoms with Crippen molar-refractivity contribution >= 4 is 48.3 Å². The molecule has 0 aliphatic heterocycles. The number of hydrogen-bond acceptors (Lipinski definition) is 9. The number of thiol groups is 1. The molecule has 0 saturated carbocycles. The Labute approximate surface area is 230 Å². The lowest BCUT2D eigenvalue weighted by atomic mass is 10.0. The number of carbonyl (C=O) groups is 6. The molecule has 216 valence electrons. The molecule has 12 N–H and O–H groups in total. The van der Waals surface area contributed by atoms with Crippen molar-refractivity contribution in [3.8, 4) is 5.75 Å². The van der Waals surface area contributed by atoms with Crippen molar-refractivity contribution in [2.45, 2.75) is 56.3 Å². The molecule has 1 rings (SSSR count). The lowest BCUT2D eigenvalue weighted by Crippen LogP contribution is -2.57.